The fourth-order valence-corrected chi connectivity index (χ4v) is 4.40. The van der Waals surface area contributed by atoms with Gasteiger partial charge in [0.05, 0.1) is 17.6 Å². The lowest BCUT2D eigenvalue weighted by molar-refractivity contribution is -0.384. The van der Waals surface area contributed by atoms with E-state index in [-0.39, 0.29) is 17.2 Å². The number of benzene rings is 3. The van der Waals surface area contributed by atoms with Crippen molar-refractivity contribution in [2.24, 2.45) is 0 Å². The molecule has 3 aromatic rings. The largest absolute Gasteiger partial charge is 0.497 e. The summed E-state index contributed by atoms with van der Waals surface area (Å²) < 4.78 is 17.2. The van der Waals surface area contributed by atoms with Gasteiger partial charge in [-0.15, -0.1) is 0 Å². The van der Waals surface area contributed by atoms with Gasteiger partial charge in [0.1, 0.15) is 24.0 Å². The summed E-state index contributed by atoms with van der Waals surface area (Å²) in [6.45, 7) is 3.81. The van der Waals surface area contributed by atoms with Crippen molar-refractivity contribution in [2.45, 2.75) is 19.9 Å². The molecule has 0 saturated carbocycles. The van der Waals surface area contributed by atoms with E-state index in [2.05, 4.69) is 17.0 Å². The van der Waals surface area contributed by atoms with Gasteiger partial charge in [-0.25, -0.2) is 0 Å². The summed E-state index contributed by atoms with van der Waals surface area (Å²) in [5, 5.41) is 11.1. The molecule has 0 radical (unpaired) electrons. The standard InChI is InChI=1S/C27H24N2O6/c1-17-26-20(15-28(16-34-26)11-10-18-6-8-22(33-2)9-7-18)14-23-25(30)24(35-27(17)23)13-19-4-3-5-21(12-19)29(31)32/h3-9,12-14H,10-11,15-16H2,1-2H3/b24-13-. The van der Waals surface area contributed by atoms with Crippen LogP contribution in [0.4, 0.5) is 5.69 Å². The molecule has 0 aliphatic carbocycles. The molecule has 5 rings (SSSR count). The average Bonchev–Trinajstić information content (AvgIpc) is 3.18. The van der Waals surface area contributed by atoms with Crippen LogP contribution in [0.25, 0.3) is 6.08 Å². The van der Waals surface area contributed by atoms with Crippen molar-refractivity contribution >= 4 is 17.5 Å². The molecule has 0 spiro atoms. The minimum Gasteiger partial charge on any atom is -0.497 e. The zero-order valence-corrected chi connectivity index (χ0v) is 19.4. The van der Waals surface area contributed by atoms with Gasteiger partial charge >= 0.3 is 0 Å². The minimum atomic E-state index is -0.468. The predicted octanol–water partition coefficient (Wildman–Crippen LogP) is 4.92. The maximum absolute atomic E-state index is 13.1. The maximum atomic E-state index is 13.1. The number of methoxy groups -OCH3 is 1. The zero-order chi connectivity index (χ0) is 24.5. The van der Waals surface area contributed by atoms with E-state index in [1.165, 1.54) is 23.8 Å². The number of carbonyl (C=O) groups excluding carboxylic acids is 1. The van der Waals surface area contributed by atoms with Crippen molar-refractivity contribution in [1.29, 1.82) is 0 Å². The van der Waals surface area contributed by atoms with Crippen LogP contribution in [0, 0.1) is 17.0 Å². The SMILES string of the molecule is COc1ccc(CCN2COc3c(cc4c(c3C)O/C(=C\c3cccc([N+](=O)[O-])c3)C4=O)C2)cc1. The molecule has 0 fully saturated rings. The third-order valence-corrected chi connectivity index (χ3v) is 6.26. The third kappa shape index (κ3) is 4.48. The monoisotopic (exact) mass is 472 g/mol. The first-order valence-corrected chi connectivity index (χ1v) is 11.3. The topological polar surface area (TPSA) is 91.1 Å². The summed E-state index contributed by atoms with van der Waals surface area (Å²) in [6, 6.07) is 15.9. The van der Waals surface area contributed by atoms with Gasteiger partial charge in [-0.05, 0) is 48.7 Å². The summed E-state index contributed by atoms with van der Waals surface area (Å²) in [4.78, 5) is 25.9. The van der Waals surface area contributed by atoms with Crippen LogP contribution in [-0.2, 0) is 13.0 Å². The van der Waals surface area contributed by atoms with Crippen LogP contribution in [0.5, 0.6) is 17.2 Å². The lowest BCUT2D eigenvalue weighted by Crippen LogP contribution is -2.34. The van der Waals surface area contributed by atoms with E-state index in [0.29, 0.717) is 30.2 Å². The Morgan fingerprint density at radius 3 is 2.69 bits per heavy atom. The van der Waals surface area contributed by atoms with Gasteiger partial charge in [-0.1, -0.05) is 24.3 Å². The number of nitro groups is 1. The van der Waals surface area contributed by atoms with Gasteiger partial charge in [0.25, 0.3) is 5.69 Å². The Hall–Kier alpha value is -4.17. The van der Waals surface area contributed by atoms with Crippen LogP contribution in [0.15, 0.2) is 60.4 Å². The number of non-ortho nitro benzene ring substituents is 1. The fourth-order valence-electron chi connectivity index (χ4n) is 4.40. The third-order valence-electron chi connectivity index (χ3n) is 6.26. The van der Waals surface area contributed by atoms with Gasteiger partial charge in [-0.2, -0.15) is 0 Å². The van der Waals surface area contributed by atoms with Gasteiger partial charge in [-0.3, -0.25) is 19.8 Å². The van der Waals surface area contributed by atoms with E-state index in [0.717, 1.165) is 35.6 Å². The fraction of sp³-hybridized carbons (Fsp3) is 0.222. The summed E-state index contributed by atoms with van der Waals surface area (Å²) in [6.07, 6.45) is 2.40. The highest BCUT2D eigenvalue weighted by molar-refractivity contribution is 6.15. The molecule has 0 aromatic heterocycles. The molecule has 0 unspecified atom stereocenters. The molecule has 0 saturated heterocycles. The second-order valence-electron chi connectivity index (χ2n) is 8.58. The lowest BCUT2D eigenvalue weighted by Gasteiger charge is -2.30. The van der Waals surface area contributed by atoms with E-state index >= 15 is 0 Å². The first kappa shape index (κ1) is 22.6. The number of hydrogen-bond donors (Lipinski definition) is 0. The number of hydrogen-bond acceptors (Lipinski definition) is 7. The number of ether oxygens (including phenoxy) is 3. The molecule has 2 aliphatic rings. The minimum absolute atomic E-state index is 0.0444. The van der Waals surface area contributed by atoms with Crippen LogP contribution < -0.4 is 14.2 Å². The summed E-state index contributed by atoms with van der Waals surface area (Å²) in [5.74, 6) is 1.96. The van der Waals surface area contributed by atoms with Crippen LogP contribution in [-0.4, -0.2) is 36.0 Å². The molecule has 0 amide bonds. The Labute approximate surface area is 202 Å². The second-order valence-corrected chi connectivity index (χ2v) is 8.58. The van der Waals surface area contributed by atoms with Crippen molar-refractivity contribution in [3.05, 3.63) is 98.3 Å². The number of allylic oxidation sites excluding steroid dienone is 1. The Morgan fingerprint density at radius 2 is 1.94 bits per heavy atom. The molecule has 178 valence electrons. The van der Waals surface area contributed by atoms with Gasteiger partial charge in [0, 0.05) is 36.3 Å². The molecule has 0 bridgehead atoms. The number of nitrogens with zero attached hydrogens (tertiary/aromatic N) is 2. The highest BCUT2D eigenvalue weighted by Gasteiger charge is 2.33. The van der Waals surface area contributed by atoms with Crippen molar-refractivity contribution in [2.75, 3.05) is 20.4 Å². The van der Waals surface area contributed by atoms with Crippen LogP contribution in [0.2, 0.25) is 0 Å². The normalized spacial score (nSPS) is 15.8. The predicted molar refractivity (Wildman–Crippen MR) is 130 cm³/mol. The lowest BCUT2D eigenvalue weighted by atomic mass is 9.99. The quantitative estimate of drug-likeness (QED) is 0.286. The second kappa shape index (κ2) is 9.23. The van der Waals surface area contributed by atoms with Crippen molar-refractivity contribution < 1.29 is 23.9 Å². The molecule has 8 heteroatoms. The first-order chi connectivity index (χ1) is 16.9. The van der Waals surface area contributed by atoms with Gasteiger partial charge in [0.15, 0.2) is 5.76 Å². The molecule has 3 aromatic carbocycles. The summed E-state index contributed by atoms with van der Waals surface area (Å²) >= 11 is 0. The Kier molecular flexibility index (Phi) is 5.96. The average molecular weight is 472 g/mol. The van der Waals surface area contributed by atoms with Gasteiger partial charge < -0.3 is 14.2 Å². The first-order valence-electron chi connectivity index (χ1n) is 11.3. The highest BCUT2D eigenvalue weighted by Crippen LogP contribution is 2.43. The van der Waals surface area contributed by atoms with Gasteiger partial charge in [0.2, 0.25) is 5.78 Å². The van der Waals surface area contributed by atoms with Crippen LogP contribution >= 0.6 is 0 Å². The molecular weight excluding hydrogens is 448 g/mol. The summed E-state index contributed by atoms with van der Waals surface area (Å²) in [7, 11) is 1.65. The van der Waals surface area contributed by atoms with Crippen molar-refractivity contribution in [3.8, 4) is 17.2 Å². The van der Waals surface area contributed by atoms with E-state index in [1.807, 2.05) is 25.1 Å². The van der Waals surface area contributed by atoms with Crippen LogP contribution in [0.1, 0.15) is 32.6 Å². The Balaban J connectivity index is 1.34. The highest BCUT2D eigenvalue weighted by atomic mass is 16.6. The van der Waals surface area contributed by atoms with Crippen molar-refractivity contribution in [3.63, 3.8) is 0 Å². The number of ketones is 1. The molecule has 0 atom stereocenters. The zero-order valence-electron chi connectivity index (χ0n) is 19.4. The Bertz CT molecular complexity index is 1350. The van der Waals surface area contributed by atoms with Crippen LogP contribution in [0.3, 0.4) is 0 Å². The Morgan fingerprint density at radius 1 is 1.14 bits per heavy atom. The molecule has 8 nitrogen and oxygen atoms in total. The van der Waals surface area contributed by atoms with E-state index < -0.39 is 4.92 Å². The number of nitro benzene ring substituents is 1. The van der Waals surface area contributed by atoms with E-state index in [1.54, 1.807) is 19.2 Å². The molecule has 2 aliphatic heterocycles. The number of Topliss-reactive ketones (excluding diaryl/α,β-unsaturated/α-hetero) is 1. The number of carbonyl (C=O) groups is 1. The smallest absolute Gasteiger partial charge is 0.270 e. The van der Waals surface area contributed by atoms with Crippen molar-refractivity contribution in [1.82, 2.24) is 4.90 Å². The number of rotatable bonds is 6. The van der Waals surface area contributed by atoms with E-state index in [9.17, 15) is 14.9 Å². The maximum Gasteiger partial charge on any atom is 0.270 e. The molecule has 2 heterocycles. The summed E-state index contributed by atoms with van der Waals surface area (Å²) in [5.41, 5.74) is 3.90. The number of fused-ring (bicyclic) bond motifs is 2. The molecule has 35 heavy (non-hydrogen) atoms. The molecule has 0 N–H and O–H groups in total. The van der Waals surface area contributed by atoms with E-state index in [4.69, 9.17) is 14.2 Å². The molecular formula is C27H24N2O6.